The Morgan fingerprint density at radius 1 is 1.53 bits per heavy atom. The molecule has 1 fully saturated rings. The number of aromatic nitrogens is 1. The SMILES string of the molecule is CC(CNc1ncc(Br)cc1Br)N(C)C1CC1. The lowest BCUT2D eigenvalue weighted by atomic mass is 10.3. The van der Waals surface area contributed by atoms with Crippen molar-refractivity contribution in [3.8, 4) is 0 Å². The van der Waals surface area contributed by atoms with Crippen LogP contribution in [0.5, 0.6) is 0 Å². The van der Waals surface area contributed by atoms with Crippen molar-refractivity contribution in [1.29, 1.82) is 0 Å². The van der Waals surface area contributed by atoms with E-state index in [2.05, 4.69) is 61.0 Å². The number of likely N-dealkylation sites (N-methyl/N-ethyl adjacent to an activating group) is 1. The number of hydrogen-bond acceptors (Lipinski definition) is 3. The molecule has 0 spiro atoms. The van der Waals surface area contributed by atoms with Crippen molar-refractivity contribution in [2.24, 2.45) is 0 Å². The van der Waals surface area contributed by atoms with Crippen LogP contribution in [0.3, 0.4) is 0 Å². The molecule has 1 unspecified atom stereocenters. The maximum absolute atomic E-state index is 4.35. The zero-order chi connectivity index (χ0) is 12.4. The predicted molar refractivity (Wildman–Crippen MR) is 78.4 cm³/mol. The summed E-state index contributed by atoms with van der Waals surface area (Å²) in [6.45, 7) is 3.16. The molecule has 1 aromatic rings. The average molecular weight is 363 g/mol. The lowest BCUT2D eigenvalue weighted by molar-refractivity contribution is 0.257. The summed E-state index contributed by atoms with van der Waals surface area (Å²) in [5.41, 5.74) is 0. The molecule has 1 aliphatic carbocycles. The molecule has 2 rings (SSSR count). The highest BCUT2D eigenvalue weighted by molar-refractivity contribution is 9.11. The van der Waals surface area contributed by atoms with E-state index in [0.29, 0.717) is 6.04 Å². The van der Waals surface area contributed by atoms with Crippen molar-refractivity contribution in [3.63, 3.8) is 0 Å². The van der Waals surface area contributed by atoms with E-state index >= 15 is 0 Å². The Morgan fingerprint density at radius 3 is 2.82 bits per heavy atom. The van der Waals surface area contributed by atoms with Gasteiger partial charge in [-0.25, -0.2) is 4.98 Å². The molecule has 1 saturated carbocycles. The van der Waals surface area contributed by atoms with Gasteiger partial charge in [0.25, 0.3) is 0 Å². The Balaban J connectivity index is 1.88. The lowest BCUT2D eigenvalue weighted by Gasteiger charge is -2.25. The third-order valence-electron chi connectivity index (χ3n) is 3.19. The summed E-state index contributed by atoms with van der Waals surface area (Å²) in [5.74, 6) is 0.907. The van der Waals surface area contributed by atoms with Gasteiger partial charge in [0.15, 0.2) is 0 Å². The summed E-state index contributed by atoms with van der Waals surface area (Å²) in [7, 11) is 2.20. The quantitative estimate of drug-likeness (QED) is 0.868. The standard InChI is InChI=1S/C12H17Br2N3/c1-8(17(2)10-3-4-10)6-15-12-11(14)5-9(13)7-16-12/h5,7-8,10H,3-4,6H2,1-2H3,(H,15,16). The van der Waals surface area contributed by atoms with Gasteiger partial charge in [0.05, 0.1) is 4.47 Å². The fraction of sp³-hybridized carbons (Fsp3) is 0.583. The highest BCUT2D eigenvalue weighted by Gasteiger charge is 2.28. The van der Waals surface area contributed by atoms with Crippen LogP contribution in [0.1, 0.15) is 19.8 Å². The second kappa shape index (κ2) is 5.67. The Morgan fingerprint density at radius 2 is 2.24 bits per heavy atom. The molecule has 1 N–H and O–H groups in total. The number of hydrogen-bond donors (Lipinski definition) is 1. The van der Waals surface area contributed by atoms with Crippen LogP contribution in [0.2, 0.25) is 0 Å². The summed E-state index contributed by atoms with van der Waals surface area (Å²) < 4.78 is 1.98. The van der Waals surface area contributed by atoms with Crippen LogP contribution < -0.4 is 5.32 Å². The van der Waals surface area contributed by atoms with Crippen LogP contribution in [0.15, 0.2) is 21.2 Å². The highest BCUT2D eigenvalue weighted by Crippen LogP contribution is 2.27. The molecule has 0 amide bonds. The predicted octanol–water partition coefficient (Wildman–Crippen LogP) is 3.50. The molecule has 3 nitrogen and oxygen atoms in total. The molecule has 94 valence electrons. The average Bonchev–Trinajstić information content (AvgIpc) is 3.10. The van der Waals surface area contributed by atoms with Crippen molar-refractivity contribution in [1.82, 2.24) is 9.88 Å². The molecule has 0 bridgehead atoms. The van der Waals surface area contributed by atoms with E-state index in [1.165, 1.54) is 12.8 Å². The normalized spacial score (nSPS) is 17.2. The van der Waals surface area contributed by atoms with Gasteiger partial charge in [-0.3, -0.25) is 4.90 Å². The summed E-state index contributed by atoms with van der Waals surface area (Å²) in [6.07, 6.45) is 4.50. The number of rotatable bonds is 5. The van der Waals surface area contributed by atoms with Crippen LogP contribution in [0, 0.1) is 0 Å². The van der Waals surface area contributed by atoms with Crippen LogP contribution in [-0.4, -0.2) is 35.6 Å². The maximum Gasteiger partial charge on any atom is 0.140 e. The van der Waals surface area contributed by atoms with Crippen LogP contribution >= 0.6 is 31.9 Å². The summed E-state index contributed by atoms with van der Waals surface area (Å²) in [4.78, 5) is 6.79. The molecule has 1 aliphatic rings. The van der Waals surface area contributed by atoms with E-state index < -0.39 is 0 Å². The van der Waals surface area contributed by atoms with Gasteiger partial charge in [0.2, 0.25) is 0 Å². The van der Waals surface area contributed by atoms with Crippen LogP contribution in [0.25, 0.3) is 0 Å². The first kappa shape index (κ1) is 13.3. The topological polar surface area (TPSA) is 28.2 Å². The van der Waals surface area contributed by atoms with Crippen molar-refractivity contribution in [2.45, 2.75) is 31.8 Å². The number of nitrogens with one attached hydrogen (secondary N) is 1. The van der Waals surface area contributed by atoms with Crippen LogP contribution in [0.4, 0.5) is 5.82 Å². The zero-order valence-electron chi connectivity index (χ0n) is 10.1. The zero-order valence-corrected chi connectivity index (χ0v) is 13.3. The van der Waals surface area contributed by atoms with Gasteiger partial charge in [-0.15, -0.1) is 0 Å². The van der Waals surface area contributed by atoms with Crippen molar-refractivity contribution in [2.75, 3.05) is 18.9 Å². The molecule has 1 heterocycles. The Labute approximate surface area is 119 Å². The van der Waals surface area contributed by atoms with Crippen molar-refractivity contribution < 1.29 is 0 Å². The third kappa shape index (κ3) is 3.66. The van der Waals surface area contributed by atoms with E-state index in [1.807, 2.05) is 12.3 Å². The van der Waals surface area contributed by atoms with Gasteiger partial charge < -0.3 is 5.32 Å². The van der Waals surface area contributed by atoms with Gasteiger partial charge in [-0.1, -0.05) is 0 Å². The maximum atomic E-state index is 4.35. The van der Waals surface area contributed by atoms with E-state index in [4.69, 9.17) is 0 Å². The molecule has 0 radical (unpaired) electrons. The van der Waals surface area contributed by atoms with Gasteiger partial charge in [-0.2, -0.15) is 0 Å². The smallest absolute Gasteiger partial charge is 0.140 e. The summed E-state index contributed by atoms with van der Waals surface area (Å²) in [6, 6.07) is 3.33. The summed E-state index contributed by atoms with van der Waals surface area (Å²) in [5, 5.41) is 3.38. The molecule has 0 saturated heterocycles. The van der Waals surface area contributed by atoms with Gasteiger partial charge in [0, 0.05) is 29.3 Å². The van der Waals surface area contributed by atoms with E-state index in [0.717, 1.165) is 27.3 Å². The number of halogens is 2. The lowest BCUT2D eigenvalue weighted by Crippen LogP contribution is -2.36. The number of pyridine rings is 1. The molecule has 1 atom stereocenters. The second-order valence-electron chi connectivity index (χ2n) is 4.61. The molecule has 0 aromatic carbocycles. The van der Waals surface area contributed by atoms with Gasteiger partial charge in [0.1, 0.15) is 5.82 Å². The van der Waals surface area contributed by atoms with E-state index in [9.17, 15) is 0 Å². The van der Waals surface area contributed by atoms with Gasteiger partial charge in [-0.05, 0) is 64.7 Å². The molecular weight excluding hydrogens is 346 g/mol. The first-order valence-electron chi connectivity index (χ1n) is 5.85. The Kier molecular flexibility index (Phi) is 4.44. The molecule has 0 aliphatic heterocycles. The van der Waals surface area contributed by atoms with E-state index in [1.54, 1.807) is 0 Å². The number of anilines is 1. The largest absolute Gasteiger partial charge is 0.368 e. The second-order valence-corrected chi connectivity index (χ2v) is 6.38. The highest BCUT2D eigenvalue weighted by atomic mass is 79.9. The van der Waals surface area contributed by atoms with Crippen molar-refractivity contribution in [3.05, 3.63) is 21.2 Å². The van der Waals surface area contributed by atoms with Crippen LogP contribution in [-0.2, 0) is 0 Å². The van der Waals surface area contributed by atoms with Crippen molar-refractivity contribution >= 4 is 37.7 Å². The first-order valence-corrected chi connectivity index (χ1v) is 7.43. The molecular formula is C12H17Br2N3. The molecule has 1 aromatic heterocycles. The van der Waals surface area contributed by atoms with Gasteiger partial charge >= 0.3 is 0 Å². The first-order chi connectivity index (χ1) is 8.08. The molecule has 17 heavy (non-hydrogen) atoms. The molecule has 5 heteroatoms. The monoisotopic (exact) mass is 361 g/mol. The minimum Gasteiger partial charge on any atom is -0.368 e. The third-order valence-corrected chi connectivity index (χ3v) is 4.23. The summed E-state index contributed by atoms with van der Waals surface area (Å²) >= 11 is 6.91. The van der Waals surface area contributed by atoms with E-state index in [-0.39, 0.29) is 0 Å². The minimum absolute atomic E-state index is 0.528. The Bertz CT molecular complexity index is 393. The minimum atomic E-state index is 0.528. The Hall–Kier alpha value is -0.130. The fourth-order valence-corrected chi connectivity index (χ4v) is 2.90. The number of nitrogens with zero attached hydrogens (tertiary/aromatic N) is 2. The fourth-order valence-electron chi connectivity index (χ4n) is 1.77.